The molecule has 1 fully saturated rings. The van der Waals surface area contributed by atoms with Crippen molar-refractivity contribution in [3.8, 4) is 0 Å². The zero-order valence-corrected chi connectivity index (χ0v) is 8.59. The summed E-state index contributed by atoms with van der Waals surface area (Å²) in [6.45, 7) is 4.11. The molecule has 1 saturated carbocycles. The fourth-order valence-electron chi connectivity index (χ4n) is 2.99. The highest BCUT2D eigenvalue weighted by atomic mass is 16.3. The number of Topliss-reactive ketones (excluding diaryl/α,β-unsaturated/α-hetero) is 1. The van der Waals surface area contributed by atoms with Gasteiger partial charge in [-0.3, -0.25) is 4.79 Å². The van der Waals surface area contributed by atoms with Crippen LogP contribution in [0.5, 0.6) is 0 Å². The average molecular weight is 190 g/mol. The molecule has 0 spiro atoms. The maximum atomic E-state index is 11.5. The Labute approximate surface area is 83.3 Å². The molecule has 74 valence electrons. The van der Waals surface area contributed by atoms with E-state index >= 15 is 0 Å². The van der Waals surface area contributed by atoms with E-state index in [0.717, 1.165) is 30.8 Å². The lowest BCUT2D eigenvalue weighted by atomic mass is 9.72. The Morgan fingerprint density at radius 1 is 1.43 bits per heavy atom. The summed E-state index contributed by atoms with van der Waals surface area (Å²) < 4.78 is 5.69. The Morgan fingerprint density at radius 2 is 2.21 bits per heavy atom. The SMILES string of the molecule is CCc1oc(C)c2c1C1C(=O)CC1C2. The Morgan fingerprint density at radius 3 is 2.86 bits per heavy atom. The number of furan rings is 1. The van der Waals surface area contributed by atoms with Gasteiger partial charge in [0, 0.05) is 24.3 Å². The summed E-state index contributed by atoms with van der Waals surface area (Å²) in [5.74, 6) is 3.33. The van der Waals surface area contributed by atoms with Crippen LogP contribution in [0.3, 0.4) is 0 Å². The summed E-state index contributed by atoms with van der Waals surface area (Å²) in [5.41, 5.74) is 2.59. The van der Waals surface area contributed by atoms with Gasteiger partial charge in [0.2, 0.25) is 0 Å². The van der Waals surface area contributed by atoms with Gasteiger partial charge in [-0.1, -0.05) is 6.92 Å². The Hall–Kier alpha value is -1.05. The number of ketones is 1. The predicted molar refractivity (Wildman–Crippen MR) is 52.4 cm³/mol. The molecule has 14 heavy (non-hydrogen) atoms. The van der Waals surface area contributed by atoms with Crippen molar-refractivity contribution in [2.24, 2.45) is 5.92 Å². The number of rotatable bonds is 1. The molecule has 2 nitrogen and oxygen atoms in total. The van der Waals surface area contributed by atoms with Crippen molar-refractivity contribution in [2.75, 3.05) is 0 Å². The van der Waals surface area contributed by atoms with Crippen LogP contribution in [0.4, 0.5) is 0 Å². The lowest BCUT2D eigenvalue weighted by molar-refractivity contribution is -0.128. The maximum absolute atomic E-state index is 11.5. The van der Waals surface area contributed by atoms with Crippen LogP contribution in [0, 0.1) is 12.8 Å². The molecule has 1 aromatic rings. The van der Waals surface area contributed by atoms with Crippen LogP contribution in [0.15, 0.2) is 4.42 Å². The van der Waals surface area contributed by atoms with Gasteiger partial charge in [0.15, 0.2) is 0 Å². The molecular formula is C12H14O2. The summed E-state index contributed by atoms with van der Waals surface area (Å²) in [6, 6.07) is 0. The molecule has 0 N–H and O–H groups in total. The predicted octanol–water partition coefficient (Wildman–Crippen LogP) is 2.38. The van der Waals surface area contributed by atoms with E-state index in [0.29, 0.717) is 11.7 Å². The van der Waals surface area contributed by atoms with Gasteiger partial charge in [-0.2, -0.15) is 0 Å². The van der Waals surface area contributed by atoms with Gasteiger partial charge < -0.3 is 4.42 Å². The van der Waals surface area contributed by atoms with E-state index in [9.17, 15) is 4.79 Å². The second kappa shape index (κ2) is 2.50. The zero-order valence-electron chi connectivity index (χ0n) is 8.59. The van der Waals surface area contributed by atoms with Crippen molar-refractivity contribution in [1.29, 1.82) is 0 Å². The first-order chi connectivity index (χ1) is 6.72. The molecule has 2 heteroatoms. The highest BCUT2D eigenvalue weighted by Gasteiger charge is 2.49. The lowest BCUT2D eigenvalue weighted by Gasteiger charge is -2.29. The van der Waals surface area contributed by atoms with Gasteiger partial charge >= 0.3 is 0 Å². The van der Waals surface area contributed by atoms with Crippen LogP contribution in [0.2, 0.25) is 0 Å². The van der Waals surface area contributed by atoms with Crippen molar-refractivity contribution >= 4 is 5.78 Å². The smallest absolute Gasteiger partial charge is 0.141 e. The molecule has 3 rings (SSSR count). The highest BCUT2D eigenvalue weighted by molar-refractivity contribution is 5.94. The third-order valence-electron chi connectivity index (χ3n) is 3.71. The van der Waals surface area contributed by atoms with Gasteiger partial charge in [0.1, 0.15) is 17.3 Å². The number of fused-ring (bicyclic) bond motifs is 3. The molecule has 2 aliphatic rings. The second-order valence-corrected chi connectivity index (χ2v) is 4.44. The molecule has 2 aliphatic carbocycles. The van der Waals surface area contributed by atoms with Crippen LogP contribution in [0.25, 0.3) is 0 Å². The van der Waals surface area contributed by atoms with Crippen LogP contribution in [0.1, 0.15) is 41.9 Å². The number of carbonyl (C=O) groups is 1. The van der Waals surface area contributed by atoms with Crippen molar-refractivity contribution in [3.05, 3.63) is 22.6 Å². The number of hydrogen-bond donors (Lipinski definition) is 0. The fourth-order valence-corrected chi connectivity index (χ4v) is 2.99. The summed E-state index contributed by atoms with van der Waals surface area (Å²) in [6.07, 6.45) is 2.77. The molecule has 0 radical (unpaired) electrons. The number of carbonyl (C=O) groups excluding carboxylic acids is 1. The third-order valence-corrected chi connectivity index (χ3v) is 3.71. The average Bonchev–Trinajstić information content (AvgIpc) is 2.60. The van der Waals surface area contributed by atoms with E-state index in [1.54, 1.807) is 0 Å². The zero-order chi connectivity index (χ0) is 9.87. The van der Waals surface area contributed by atoms with E-state index in [1.165, 1.54) is 11.1 Å². The van der Waals surface area contributed by atoms with Crippen molar-refractivity contribution in [2.45, 2.75) is 39.0 Å². The first-order valence-electron chi connectivity index (χ1n) is 5.36. The van der Waals surface area contributed by atoms with E-state index in [1.807, 2.05) is 6.92 Å². The van der Waals surface area contributed by atoms with Gasteiger partial charge in [-0.15, -0.1) is 0 Å². The van der Waals surface area contributed by atoms with Crippen LogP contribution < -0.4 is 0 Å². The monoisotopic (exact) mass is 190 g/mol. The Bertz CT molecular complexity index is 414. The number of hydrogen-bond acceptors (Lipinski definition) is 2. The lowest BCUT2D eigenvalue weighted by Crippen LogP contribution is -2.32. The third kappa shape index (κ3) is 0.794. The molecule has 1 aromatic heterocycles. The van der Waals surface area contributed by atoms with Gasteiger partial charge in [0.05, 0.1) is 0 Å². The molecule has 0 saturated heterocycles. The van der Waals surface area contributed by atoms with E-state index in [-0.39, 0.29) is 5.92 Å². The van der Waals surface area contributed by atoms with Crippen molar-refractivity contribution in [1.82, 2.24) is 0 Å². The van der Waals surface area contributed by atoms with Crippen LogP contribution >= 0.6 is 0 Å². The fraction of sp³-hybridized carbons (Fsp3) is 0.583. The van der Waals surface area contributed by atoms with Crippen molar-refractivity contribution in [3.63, 3.8) is 0 Å². The summed E-state index contributed by atoms with van der Waals surface area (Å²) in [5, 5.41) is 0. The minimum absolute atomic E-state index is 0.206. The number of aryl methyl sites for hydroxylation is 2. The summed E-state index contributed by atoms with van der Waals surface area (Å²) >= 11 is 0. The molecule has 2 atom stereocenters. The van der Waals surface area contributed by atoms with E-state index in [4.69, 9.17) is 4.42 Å². The second-order valence-electron chi connectivity index (χ2n) is 4.44. The Kier molecular flexibility index (Phi) is 1.48. The summed E-state index contributed by atoms with van der Waals surface area (Å²) in [4.78, 5) is 11.5. The minimum Gasteiger partial charge on any atom is -0.466 e. The van der Waals surface area contributed by atoms with Crippen LogP contribution in [-0.2, 0) is 17.6 Å². The largest absolute Gasteiger partial charge is 0.466 e. The van der Waals surface area contributed by atoms with Crippen molar-refractivity contribution < 1.29 is 9.21 Å². The van der Waals surface area contributed by atoms with E-state index < -0.39 is 0 Å². The quantitative estimate of drug-likeness (QED) is 0.680. The topological polar surface area (TPSA) is 30.2 Å². The first kappa shape index (κ1) is 8.27. The molecule has 0 bridgehead atoms. The summed E-state index contributed by atoms with van der Waals surface area (Å²) in [7, 11) is 0. The maximum Gasteiger partial charge on any atom is 0.141 e. The van der Waals surface area contributed by atoms with Gasteiger partial charge in [-0.05, 0) is 24.8 Å². The molecule has 1 heterocycles. The van der Waals surface area contributed by atoms with Gasteiger partial charge in [0.25, 0.3) is 0 Å². The van der Waals surface area contributed by atoms with E-state index in [2.05, 4.69) is 6.92 Å². The first-order valence-corrected chi connectivity index (χ1v) is 5.36. The van der Waals surface area contributed by atoms with Gasteiger partial charge in [-0.25, -0.2) is 0 Å². The Balaban J connectivity index is 2.15. The molecule has 0 amide bonds. The molecule has 0 aliphatic heterocycles. The normalized spacial score (nSPS) is 28.6. The van der Waals surface area contributed by atoms with Crippen LogP contribution in [-0.4, -0.2) is 5.78 Å². The molecular weight excluding hydrogens is 176 g/mol. The standard InChI is InChI=1S/C12H14O2/c1-3-10-12-8(6(2)14-10)4-7-5-9(13)11(7)12/h7,11H,3-5H2,1-2H3. The highest BCUT2D eigenvalue weighted by Crippen LogP contribution is 2.51. The molecule has 2 unspecified atom stereocenters. The minimum atomic E-state index is 0.206. The molecule has 0 aromatic carbocycles.